The number of fused-ring (bicyclic) bond motifs is 4. The van der Waals surface area contributed by atoms with Crippen LogP contribution < -0.4 is 5.56 Å². The Balaban J connectivity index is 1.92. The molecule has 0 spiro atoms. The molecule has 0 radical (unpaired) electrons. The summed E-state index contributed by atoms with van der Waals surface area (Å²) in [7, 11) is 0. The van der Waals surface area contributed by atoms with Crippen molar-refractivity contribution in [1.82, 2.24) is 19.2 Å². The van der Waals surface area contributed by atoms with Gasteiger partial charge in [-0.3, -0.25) is 4.79 Å². The van der Waals surface area contributed by atoms with Crippen molar-refractivity contribution >= 4 is 39.5 Å². The first kappa shape index (κ1) is 14.1. The third kappa shape index (κ3) is 1.88. The molecule has 0 saturated heterocycles. The van der Waals surface area contributed by atoms with Crippen LogP contribution in [0.2, 0.25) is 0 Å². The van der Waals surface area contributed by atoms with Gasteiger partial charge in [-0.1, -0.05) is 30.3 Å². The number of benzene rings is 1. The van der Waals surface area contributed by atoms with Crippen molar-refractivity contribution in [3.63, 3.8) is 0 Å². The van der Waals surface area contributed by atoms with E-state index in [0.29, 0.717) is 17.1 Å². The minimum absolute atomic E-state index is 0.0533. The molecule has 0 unspecified atom stereocenters. The Bertz CT molecular complexity index is 1200. The van der Waals surface area contributed by atoms with E-state index in [4.69, 9.17) is 12.2 Å². The van der Waals surface area contributed by atoms with Crippen LogP contribution in [-0.2, 0) is 19.4 Å². The molecule has 0 amide bonds. The summed E-state index contributed by atoms with van der Waals surface area (Å²) in [4.78, 5) is 14.3. The first-order valence-corrected chi connectivity index (χ1v) is 9.14. The van der Waals surface area contributed by atoms with Gasteiger partial charge in [0.1, 0.15) is 4.70 Å². The standard InChI is InChI=1S/C17H14N4OS2/c22-15-14-13(11-7-4-8-12(11)24-14)20(9-10-5-2-1-3-6-10)16-18-19-17(23)21(15)16/h1-3,5-6H,4,7-9H2,(H,19,23). The second-order valence-electron chi connectivity index (χ2n) is 6.08. The van der Waals surface area contributed by atoms with Crippen molar-refractivity contribution in [3.8, 4) is 0 Å². The van der Waals surface area contributed by atoms with E-state index in [0.717, 1.165) is 29.5 Å². The minimum Gasteiger partial charge on any atom is -0.304 e. The summed E-state index contributed by atoms with van der Waals surface area (Å²) in [5.41, 5.74) is 3.49. The highest BCUT2D eigenvalue weighted by atomic mass is 32.1. The second-order valence-corrected chi connectivity index (χ2v) is 7.57. The number of hydrogen-bond donors (Lipinski definition) is 1. The minimum atomic E-state index is -0.0533. The van der Waals surface area contributed by atoms with Gasteiger partial charge in [0.25, 0.3) is 5.56 Å². The lowest BCUT2D eigenvalue weighted by Crippen LogP contribution is -2.19. The Hall–Kier alpha value is -2.25. The van der Waals surface area contributed by atoms with Crippen LogP contribution in [0.5, 0.6) is 0 Å². The zero-order valence-electron chi connectivity index (χ0n) is 12.8. The van der Waals surface area contributed by atoms with Gasteiger partial charge in [-0.05, 0) is 42.6 Å². The van der Waals surface area contributed by atoms with Crippen molar-refractivity contribution in [1.29, 1.82) is 0 Å². The van der Waals surface area contributed by atoms with Gasteiger partial charge in [0.15, 0.2) is 0 Å². The fourth-order valence-electron chi connectivity index (χ4n) is 3.59. The number of nitrogens with one attached hydrogen (secondary N) is 1. The van der Waals surface area contributed by atoms with E-state index in [1.165, 1.54) is 20.4 Å². The molecule has 1 N–H and O–H groups in total. The van der Waals surface area contributed by atoms with Crippen molar-refractivity contribution in [2.24, 2.45) is 0 Å². The number of nitrogens with zero attached hydrogens (tertiary/aromatic N) is 3. The summed E-state index contributed by atoms with van der Waals surface area (Å²) in [6, 6.07) is 10.2. The summed E-state index contributed by atoms with van der Waals surface area (Å²) < 4.78 is 4.80. The maximum absolute atomic E-state index is 12.9. The van der Waals surface area contributed by atoms with E-state index in [1.807, 2.05) is 18.2 Å². The summed E-state index contributed by atoms with van der Waals surface area (Å²) in [6.07, 6.45) is 3.26. The van der Waals surface area contributed by atoms with Gasteiger partial charge in [0, 0.05) is 4.88 Å². The van der Waals surface area contributed by atoms with E-state index < -0.39 is 0 Å². The molecule has 1 aromatic carbocycles. The average Bonchev–Trinajstić information content (AvgIpc) is 3.27. The summed E-state index contributed by atoms with van der Waals surface area (Å²) in [5.74, 6) is 0.592. The van der Waals surface area contributed by atoms with E-state index in [-0.39, 0.29) is 5.56 Å². The molecule has 0 saturated carbocycles. The zero-order chi connectivity index (χ0) is 16.3. The third-order valence-electron chi connectivity index (χ3n) is 4.64. The van der Waals surface area contributed by atoms with Crippen molar-refractivity contribution < 1.29 is 0 Å². The molecular weight excluding hydrogens is 340 g/mol. The molecule has 120 valence electrons. The molecule has 3 aromatic heterocycles. The van der Waals surface area contributed by atoms with Crippen LogP contribution >= 0.6 is 23.6 Å². The SMILES string of the molecule is O=c1c2sc3c(c2n(Cc2ccccc2)c2n[nH]c(=S)n12)CCC3. The van der Waals surface area contributed by atoms with Gasteiger partial charge in [-0.25, -0.2) is 9.50 Å². The lowest BCUT2D eigenvalue weighted by molar-refractivity contribution is 0.808. The molecule has 0 fully saturated rings. The Labute approximate surface area is 146 Å². The Morgan fingerprint density at radius 3 is 2.92 bits per heavy atom. The molecule has 1 aliphatic rings. The molecule has 7 heteroatoms. The fourth-order valence-corrected chi connectivity index (χ4v) is 5.12. The largest absolute Gasteiger partial charge is 0.304 e. The summed E-state index contributed by atoms with van der Waals surface area (Å²) in [6.45, 7) is 0.671. The molecule has 1 aliphatic carbocycles. The molecule has 5 rings (SSSR count). The van der Waals surface area contributed by atoms with Crippen LogP contribution in [0.15, 0.2) is 35.1 Å². The quantitative estimate of drug-likeness (QED) is 0.562. The zero-order valence-corrected chi connectivity index (χ0v) is 14.4. The van der Waals surface area contributed by atoms with Gasteiger partial charge in [0.05, 0.1) is 12.1 Å². The molecule has 24 heavy (non-hydrogen) atoms. The highest BCUT2D eigenvalue weighted by Gasteiger charge is 2.24. The topological polar surface area (TPSA) is 55.1 Å². The lowest BCUT2D eigenvalue weighted by atomic mass is 10.2. The van der Waals surface area contributed by atoms with Crippen molar-refractivity contribution in [3.05, 3.63) is 61.5 Å². The van der Waals surface area contributed by atoms with Crippen LogP contribution in [0.1, 0.15) is 22.4 Å². The maximum Gasteiger partial charge on any atom is 0.279 e. The monoisotopic (exact) mass is 354 g/mol. The van der Waals surface area contributed by atoms with Crippen LogP contribution in [-0.4, -0.2) is 19.2 Å². The maximum atomic E-state index is 12.9. The predicted octanol–water partition coefficient (Wildman–Crippen LogP) is 3.31. The van der Waals surface area contributed by atoms with Gasteiger partial charge in [0.2, 0.25) is 10.5 Å². The summed E-state index contributed by atoms with van der Waals surface area (Å²) >= 11 is 6.90. The summed E-state index contributed by atoms with van der Waals surface area (Å²) in [5, 5.41) is 7.12. The smallest absolute Gasteiger partial charge is 0.279 e. The molecule has 5 nitrogen and oxygen atoms in total. The number of thiophene rings is 1. The molecule has 0 atom stereocenters. The molecule has 0 aliphatic heterocycles. The average molecular weight is 354 g/mol. The molecule has 3 heterocycles. The number of hydrogen-bond acceptors (Lipinski definition) is 4. The van der Waals surface area contributed by atoms with Crippen molar-refractivity contribution in [2.45, 2.75) is 25.8 Å². The number of aromatic nitrogens is 4. The highest BCUT2D eigenvalue weighted by molar-refractivity contribution is 7.71. The lowest BCUT2D eigenvalue weighted by Gasteiger charge is -2.11. The van der Waals surface area contributed by atoms with Crippen LogP contribution in [0, 0.1) is 4.77 Å². The fraction of sp³-hybridized carbons (Fsp3) is 0.235. The van der Waals surface area contributed by atoms with Crippen molar-refractivity contribution in [2.75, 3.05) is 0 Å². The molecular formula is C17H14N4OS2. The van der Waals surface area contributed by atoms with E-state index in [9.17, 15) is 4.79 Å². The second kappa shape index (κ2) is 5.12. The van der Waals surface area contributed by atoms with Crippen LogP contribution in [0.4, 0.5) is 0 Å². The van der Waals surface area contributed by atoms with E-state index >= 15 is 0 Å². The molecule has 0 bridgehead atoms. The molecule has 4 aromatic rings. The van der Waals surface area contributed by atoms with E-state index in [2.05, 4.69) is 26.9 Å². The van der Waals surface area contributed by atoms with Gasteiger partial charge in [-0.15, -0.1) is 16.4 Å². The Kier molecular flexibility index (Phi) is 3.01. The normalized spacial score (nSPS) is 13.8. The number of aryl methyl sites for hydroxylation is 2. The number of aromatic amines is 1. The highest BCUT2D eigenvalue weighted by Crippen LogP contribution is 2.36. The van der Waals surface area contributed by atoms with Gasteiger partial charge in [-0.2, -0.15) is 0 Å². The van der Waals surface area contributed by atoms with Crippen LogP contribution in [0.3, 0.4) is 0 Å². The predicted molar refractivity (Wildman–Crippen MR) is 97.6 cm³/mol. The van der Waals surface area contributed by atoms with E-state index in [1.54, 1.807) is 11.3 Å². The number of H-pyrrole nitrogens is 1. The third-order valence-corrected chi connectivity index (χ3v) is 6.18. The van der Waals surface area contributed by atoms with Crippen LogP contribution in [0.25, 0.3) is 16.0 Å². The van der Waals surface area contributed by atoms with Gasteiger partial charge >= 0.3 is 0 Å². The first-order valence-electron chi connectivity index (χ1n) is 7.92. The first-order chi connectivity index (χ1) is 11.7. The van der Waals surface area contributed by atoms with Gasteiger partial charge < -0.3 is 4.57 Å². The number of rotatable bonds is 2. The Morgan fingerprint density at radius 2 is 2.08 bits per heavy atom. The Morgan fingerprint density at radius 1 is 1.25 bits per heavy atom.